The average molecular weight is 475 g/mol. The maximum Gasteiger partial charge on any atom is 0.328 e. The number of hydrogen-bond acceptors (Lipinski definition) is 4. The van der Waals surface area contributed by atoms with Crippen molar-refractivity contribution >= 4 is 0 Å². The number of aromatic amines is 2. The van der Waals surface area contributed by atoms with Gasteiger partial charge in [0.05, 0.1) is 0 Å². The minimum Gasteiger partial charge on any atom is -0.507 e. The molecular weight excluding hydrogens is 435 g/mol. The maximum absolute atomic E-state index is 14.2. The van der Waals surface area contributed by atoms with Gasteiger partial charge in [-0.05, 0) is 63.6 Å². The highest BCUT2D eigenvalue weighted by molar-refractivity contribution is 5.52. The molecule has 0 fully saturated rings. The lowest BCUT2D eigenvalue weighted by molar-refractivity contribution is 0.396. The van der Waals surface area contributed by atoms with Gasteiger partial charge in [0.25, 0.3) is 5.56 Å². The summed E-state index contributed by atoms with van der Waals surface area (Å²) >= 11 is 0. The third-order valence-electron chi connectivity index (χ3n) is 5.26. The minimum absolute atomic E-state index is 0.0811. The number of benzene rings is 1. The first-order valence-corrected chi connectivity index (χ1v) is 12.1. The van der Waals surface area contributed by atoms with E-state index in [4.69, 9.17) is 4.74 Å². The Morgan fingerprint density at radius 1 is 1.24 bits per heavy atom. The van der Waals surface area contributed by atoms with Crippen LogP contribution in [0.2, 0.25) is 0 Å². The van der Waals surface area contributed by atoms with Crippen LogP contribution in [0.3, 0.4) is 0 Å². The molecule has 0 saturated carbocycles. The minimum atomic E-state index is -1.21. The van der Waals surface area contributed by atoms with Gasteiger partial charge in [0.1, 0.15) is 11.5 Å². The number of aryl methyl sites for hydroxylation is 1. The van der Waals surface area contributed by atoms with E-state index in [1.807, 2.05) is 32.7 Å². The van der Waals surface area contributed by atoms with Crippen molar-refractivity contribution in [1.82, 2.24) is 9.97 Å². The van der Waals surface area contributed by atoms with Crippen LogP contribution in [0, 0.1) is 5.82 Å². The van der Waals surface area contributed by atoms with Crippen molar-refractivity contribution in [1.29, 1.82) is 0 Å². The average Bonchev–Trinajstić information content (AvgIpc) is 2.79. The first kappa shape index (κ1) is 28.9. The van der Waals surface area contributed by atoms with Crippen LogP contribution in [0.4, 0.5) is 4.39 Å². The van der Waals surface area contributed by atoms with Gasteiger partial charge in [-0.25, -0.2) is 4.79 Å². The van der Waals surface area contributed by atoms with E-state index in [2.05, 4.69) is 24.6 Å². The lowest BCUT2D eigenvalue weighted by Gasteiger charge is -2.24. The maximum atomic E-state index is 14.2. The molecule has 188 valence electrons. The lowest BCUT2D eigenvalue weighted by Crippen LogP contribution is -2.25. The Balaban J connectivity index is 0.00000107. The molecule has 0 aliphatic heterocycles. The topological polar surface area (TPSA) is 95.2 Å². The van der Waals surface area contributed by atoms with Gasteiger partial charge in [0.15, 0.2) is 0 Å². The van der Waals surface area contributed by atoms with Crippen molar-refractivity contribution in [3.05, 3.63) is 74.2 Å². The standard InChI is InChI=1S/C22H27FN2O4.C3H6.C2H6/c1-3-4-5-8-14-11-16(26)18(15-9-6-7-13(2)10-15)17(12-14)29-21-19(23)20(27)24-22(28)25-21;1-3-2;1-2/h10-12,15,26H,3-9H2,1-2H3,(H2,24,25,27,28);3H,1H2,2H3;1-2H3. The predicted molar refractivity (Wildman–Crippen MR) is 137 cm³/mol. The van der Waals surface area contributed by atoms with Crippen LogP contribution in [0.15, 0.2) is 46.0 Å². The van der Waals surface area contributed by atoms with Crippen molar-refractivity contribution in [2.75, 3.05) is 0 Å². The number of aromatic nitrogens is 2. The van der Waals surface area contributed by atoms with E-state index in [-0.39, 0.29) is 17.4 Å². The predicted octanol–water partition coefficient (Wildman–Crippen LogP) is 6.87. The van der Waals surface area contributed by atoms with Gasteiger partial charge in [-0.1, -0.05) is 51.3 Å². The summed E-state index contributed by atoms with van der Waals surface area (Å²) in [6.45, 7) is 13.4. The van der Waals surface area contributed by atoms with E-state index >= 15 is 0 Å². The van der Waals surface area contributed by atoms with E-state index < -0.39 is 22.9 Å². The second kappa shape index (κ2) is 14.9. The number of phenols is 1. The molecule has 1 aromatic heterocycles. The van der Waals surface area contributed by atoms with E-state index in [0.29, 0.717) is 5.56 Å². The number of phenolic OH excluding ortho intramolecular Hbond substituents is 1. The van der Waals surface area contributed by atoms with E-state index in [1.165, 1.54) is 5.57 Å². The fourth-order valence-electron chi connectivity index (χ4n) is 3.82. The Bertz CT molecular complexity index is 1070. The summed E-state index contributed by atoms with van der Waals surface area (Å²) < 4.78 is 19.9. The summed E-state index contributed by atoms with van der Waals surface area (Å²) in [5.41, 5.74) is 0.615. The van der Waals surface area contributed by atoms with Crippen LogP contribution in [0.25, 0.3) is 0 Å². The number of allylic oxidation sites excluding steroid dienone is 3. The molecule has 7 heteroatoms. The molecule has 6 nitrogen and oxygen atoms in total. The van der Waals surface area contributed by atoms with Crippen molar-refractivity contribution in [3.63, 3.8) is 0 Å². The van der Waals surface area contributed by atoms with Crippen LogP contribution in [0.5, 0.6) is 17.4 Å². The summed E-state index contributed by atoms with van der Waals surface area (Å²) in [6, 6.07) is 3.49. The quantitative estimate of drug-likeness (QED) is 0.301. The van der Waals surface area contributed by atoms with Gasteiger partial charge in [-0.3, -0.25) is 14.8 Å². The van der Waals surface area contributed by atoms with Gasteiger partial charge in [0.2, 0.25) is 11.7 Å². The molecule has 34 heavy (non-hydrogen) atoms. The molecule has 1 unspecified atom stereocenters. The summed E-state index contributed by atoms with van der Waals surface area (Å²) in [6.07, 6.45) is 10.4. The summed E-state index contributed by atoms with van der Waals surface area (Å²) in [7, 11) is 0. The molecular formula is C27H39FN2O4. The van der Waals surface area contributed by atoms with E-state index in [0.717, 1.165) is 50.5 Å². The fraction of sp³-hybridized carbons (Fsp3) is 0.481. The van der Waals surface area contributed by atoms with E-state index in [9.17, 15) is 19.1 Å². The first-order chi connectivity index (χ1) is 16.3. The third-order valence-corrected chi connectivity index (χ3v) is 5.26. The van der Waals surface area contributed by atoms with Crippen LogP contribution >= 0.6 is 0 Å². The molecule has 1 aliphatic rings. The first-order valence-electron chi connectivity index (χ1n) is 12.1. The van der Waals surface area contributed by atoms with Crippen LogP contribution in [-0.4, -0.2) is 15.1 Å². The molecule has 0 amide bonds. The number of halogens is 1. The van der Waals surface area contributed by atoms with E-state index in [1.54, 1.807) is 18.2 Å². The number of aromatic hydroxyl groups is 1. The van der Waals surface area contributed by atoms with Gasteiger partial charge >= 0.3 is 5.69 Å². The molecule has 1 atom stereocenters. The molecule has 0 radical (unpaired) electrons. The molecule has 1 aliphatic carbocycles. The molecule has 2 aromatic rings. The van der Waals surface area contributed by atoms with Crippen molar-refractivity contribution in [2.45, 2.75) is 85.5 Å². The highest BCUT2D eigenvalue weighted by Gasteiger charge is 2.24. The smallest absolute Gasteiger partial charge is 0.328 e. The number of hydrogen-bond donors (Lipinski definition) is 3. The zero-order valence-corrected chi connectivity index (χ0v) is 21.1. The zero-order valence-electron chi connectivity index (χ0n) is 21.1. The van der Waals surface area contributed by atoms with Crippen LogP contribution < -0.4 is 16.0 Å². The summed E-state index contributed by atoms with van der Waals surface area (Å²) in [5, 5.41) is 10.8. The summed E-state index contributed by atoms with van der Waals surface area (Å²) in [4.78, 5) is 27.2. The molecule has 0 bridgehead atoms. The number of nitrogens with one attached hydrogen (secondary N) is 2. The summed E-state index contributed by atoms with van der Waals surface area (Å²) in [5.74, 6) is -1.51. The second-order valence-corrected chi connectivity index (χ2v) is 8.06. The molecule has 1 aromatic carbocycles. The highest BCUT2D eigenvalue weighted by Crippen LogP contribution is 2.43. The number of unbranched alkanes of at least 4 members (excludes halogenated alkanes) is 2. The zero-order chi connectivity index (χ0) is 25.7. The van der Waals surface area contributed by atoms with Gasteiger partial charge in [-0.2, -0.15) is 4.39 Å². The van der Waals surface area contributed by atoms with Crippen molar-refractivity contribution < 1.29 is 14.2 Å². The van der Waals surface area contributed by atoms with Gasteiger partial charge in [0, 0.05) is 11.5 Å². The SMILES string of the molecule is C=CC.CC.CCCCCc1cc(O)c(C2C=C(C)CCC2)c(Oc2[nH]c(=O)[nH]c(=O)c2F)c1. The molecule has 0 saturated heterocycles. The van der Waals surface area contributed by atoms with Crippen LogP contribution in [-0.2, 0) is 6.42 Å². The monoisotopic (exact) mass is 474 g/mol. The number of rotatable bonds is 7. The molecule has 3 N–H and O–H groups in total. The highest BCUT2D eigenvalue weighted by atomic mass is 19.1. The number of H-pyrrole nitrogens is 2. The molecule has 1 heterocycles. The fourth-order valence-corrected chi connectivity index (χ4v) is 3.82. The van der Waals surface area contributed by atoms with Crippen molar-refractivity contribution in [3.8, 4) is 17.4 Å². The Kier molecular flexibility index (Phi) is 12.7. The van der Waals surface area contributed by atoms with Crippen molar-refractivity contribution in [2.24, 2.45) is 0 Å². The normalized spacial score (nSPS) is 14.6. The van der Waals surface area contributed by atoms with Gasteiger partial charge in [-0.15, -0.1) is 6.58 Å². The Morgan fingerprint density at radius 3 is 2.53 bits per heavy atom. The Morgan fingerprint density at radius 2 is 1.91 bits per heavy atom. The van der Waals surface area contributed by atoms with Gasteiger partial charge < -0.3 is 9.84 Å². The molecule has 3 rings (SSSR count). The lowest BCUT2D eigenvalue weighted by atomic mass is 9.84. The number of ether oxygens (including phenoxy) is 1. The van der Waals surface area contributed by atoms with Crippen LogP contribution in [0.1, 0.15) is 90.2 Å². The second-order valence-electron chi connectivity index (χ2n) is 8.06. The third kappa shape index (κ3) is 8.36. The largest absolute Gasteiger partial charge is 0.507 e. The Labute approximate surface area is 201 Å². The Hall–Kier alpha value is -3.09. The molecule has 0 spiro atoms.